The van der Waals surface area contributed by atoms with E-state index in [9.17, 15) is 4.79 Å². The van der Waals surface area contributed by atoms with Crippen LogP contribution in [0.2, 0.25) is 0 Å². The average Bonchev–Trinajstić information content (AvgIpc) is 2.23. The number of carbonyl (C=O) groups excluding carboxylic acids is 1. The number of carbonyl (C=O) groups is 1. The minimum Gasteiger partial charge on any atom is -0.296 e. The lowest BCUT2D eigenvalue weighted by molar-refractivity contribution is -0.118. The maximum absolute atomic E-state index is 11.7. The smallest absolute Gasteiger partial charge is 0.168 e. The molecule has 1 rings (SSSR count). The summed E-state index contributed by atoms with van der Waals surface area (Å²) in [4.78, 5) is 11.7. The van der Waals surface area contributed by atoms with Crippen molar-refractivity contribution in [1.82, 2.24) is 0 Å². The zero-order valence-corrected chi connectivity index (χ0v) is 10.7. The van der Waals surface area contributed by atoms with Gasteiger partial charge in [-0.25, -0.2) is 0 Å². The fourth-order valence-corrected chi connectivity index (χ4v) is 2.69. The Bertz CT molecular complexity index is 176. The number of hydrogen-bond donors (Lipinski definition) is 0. The Hall–Kier alpha value is 0.250. The van der Waals surface area contributed by atoms with Crippen molar-refractivity contribution in [2.24, 2.45) is 0 Å². The largest absolute Gasteiger partial charge is 0.296 e. The highest BCUT2D eigenvalue weighted by Gasteiger charge is 2.22. The molecular formula is C12H20Cl2O. The number of Topliss-reactive ketones (excluding diaryl/α,β-unsaturated/α-hetero) is 1. The van der Waals surface area contributed by atoms with Crippen molar-refractivity contribution in [3.63, 3.8) is 0 Å². The molecular weight excluding hydrogens is 231 g/mol. The number of halogens is 2. The van der Waals surface area contributed by atoms with Crippen LogP contribution < -0.4 is 0 Å². The average molecular weight is 251 g/mol. The van der Waals surface area contributed by atoms with Gasteiger partial charge in [-0.15, -0.1) is 23.2 Å². The Morgan fingerprint density at radius 2 is 1.07 bits per heavy atom. The Balaban J connectivity index is 2.40. The minimum atomic E-state index is -0.355. The molecule has 2 atom stereocenters. The van der Waals surface area contributed by atoms with E-state index in [1.165, 1.54) is 32.1 Å². The molecule has 0 spiro atoms. The molecule has 0 saturated heterocycles. The SMILES string of the molecule is O=C1[C@H](Cl)CCCCCCCCC[C@H]1Cl. The van der Waals surface area contributed by atoms with Gasteiger partial charge in [0.2, 0.25) is 0 Å². The summed E-state index contributed by atoms with van der Waals surface area (Å²) in [6.45, 7) is 0. The zero-order chi connectivity index (χ0) is 11.1. The summed E-state index contributed by atoms with van der Waals surface area (Å²) in [5.74, 6) is 0.0407. The molecule has 1 fully saturated rings. The molecule has 0 aromatic carbocycles. The molecule has 1 saturated carbocycles. The molecule has 0 unspecified atom stereocenters. The van der Waals surface area contributed by atoms with Crippen molar-refractivity contribution in [2.75, 3.05) is 0 Å². The fraction of sp³-hybridized carbons (Fsp3) is 0.917. The van der Waals surface area contributed by atoms with Crippen LogP contribution in [0.4, 0.5) is 0 Å². The summed E-state index contributed by atoms with van der Waals surface area (Å²) in [5.41, 5.74) is 0. The van der Waals surface area contributed by atoms with Gasteiger partial charge in [0.25, 0.3) is 0 Å². The highest BCUT2D eigenvalue weighted by Crippen LogP contribution is 2.20. The van der Waals surface area contributed by atoms with Crippen molar-refractivity contribution >= 4 is 29.0 Å². The fourth-order valence-electron chi connectivity index (χ4n) is 2.01. The first-order chi connectivity index (χ1) is 7.22. The maximum atomic E-state index is 11.7. The van der Waals surface area contributed by atoms with Gasteiger partial charge in [0, 0.05) is 0 Å². The molecule has 0 amide bonds. The van der Waals surface area contributed by atoms with Crippen molar-refractivity contribution in [3.05, 3.63) is 0 Å². The molecule has 0 aromatic rings. The van der Waals surface area contributed by atoms with Crippen LogP contribution in [-0.4, -0.2) is 16.5 Å². The van der Waals surface area contributed by atoms with Crippen molar-refractivity contribution in [2.45, 2.75) is 68.5 Å². The van der Waals surface area contributed by atoms with Crippen LogP contribution in [0.25, 0.3) is 0 Å². The topological polar surface area (TPSA) is 17.1 Å². The van der Waals surface area contributed by atoms with Gasteiger partial charge in [0.05, 0.1) is 10.8 Å². The lowest BCUT2D eigenvalue weighted by Crippen LogP contribution is -2.24. The first kappa shape index (κ1) is 13.3. The molecule has 0 radical (unpaired) electrons. The molecule has 88 valence electrons. The summed E-state index contributed by atoms with van der Waals surface area (Å²) < 4.78 is 0. The first-order valence-electron chi connectivity index (χ1n) is 6.03. The highest BCUT2D eigenvalue weighted by atomic mass is 35.5. The summed E-state index contributed by atoms with van der Waals surface area (Å²) >= 11 is 12.0. The molecule has 3 heteroatoms. The van der Waals surface area contributed by atoms with Crippen LogP contribution in [0.15, 0.2) is 0 Å². The van der Waals surface area contributed by atoms with E-state index in [1.807, 2.05) is 0 Å². The number of hydrogen-bond acceptors (Lipinski definition) is 1. The van der Waals surface area contributed by atoms with E-state index in [2.05, 4.69) is 0 Å². The Morgan fingerprint density at radius 1 is 0.733 bits per heavy atom. The van der Waals surface area contributed by atoms with Gasteiger partial charge in [-0.05, 0) is 12.8 Å². The van der Waals surface area contributed by atoms with Gasteiger partial charge >= 0.3 is 0 Å². The third-order valence-electron chi connectivity index (χ3n) is 3.03. The quantitative estimate of drug-likeness (QED) is 0.587. The van der Waals surface area contributed by atoms with E-state index >= 15 is 0 Å². The van der Waals surface area contributed by atoms with E-state index in [1.54, 1.807) is 0 Å². The molecule has 1 aliphatic rings. The highest BCUT2D eigenvalue weighted by molar-refractivity contribution is 6.40. The number of rotatable bonds is 0. The van der Waals surface area contributed by atoms with E-state index in [0.29, 0.717) is 0 Å². The van der Waals surface area contributed by atoms with Gasteiger partial charge in [-0.3, -0.25) is 4.79 Å². The zero-order valence-electron chi connectivity index (χ0n) is 9.18. The summed E-state index contributed by atoms with van der Waals surface area (Å²) in [7, 11) is 0. The molecule has 1 nitrogen and oxygen atoms in total. The maximum Gasteiger partial charge on any atom is 0.168 e. The molecule has 0 aromatic heterocycles. The molecule has 0 N–H and O–H groups in total. The van der Waals surface area contributed by atoms with E-state index in [4.69, 9.17) is 23.2 Å². The van der Waals surface area contributed by atoms with Gasteiger partial charge in [0.15, 0.2) is 5.78 Å². The standard InChI is InChI=1S/C12H20Cl2O/c13-10-8-6-4-2-1-3-5-7-9-11(14)12(10)15/h10-11H,1-9H2/t10-,11-/m1/s1. The Kier molecular flexibility index (Phi) is 6.67. The second-order valence-corrected chi connectivity index (χ2v) is 5.44. The third kappa shape index (κ3) is 5.21. The second-order valence-electron chi connectivity index (χ2n) is 4.39. The molecule has 0 aliphatic heterocycles. The van der Waals surface area contributed by atoms with E-state index in [0.717, 1.165) is 25.7 Å². The van der Waals surface area contributed by atoms with Gasteiger partial charge < -0.3 is 0 Å². The monoisotopic (exact) mass is 250 g/mol. The van der Waals surface area contributed by atoms with Crippen molar-refractivity contribution in [3.8, 4) is 0 Å². The minimum absolute atomic E-state index is 0.0407. The van der Waals surface area contributed by atoms with Crippen LogP contribution in [0.1, 0.15) is 57.8 Å². The molecule has 0 bridgehead atoms. The van der Waals surface area contributed by atoms with Crippen LogP contribution >= 0.6 is 23.2 Å². The normalized spacial score (nSPS) is 31.7. The predicted octanol–water partition coefficient (Wildman–Crippen LogP) is 4.29. The van der Waals surface area contributed by atoms with Gasteiger partial charge in [-0.1, -0.05) is 44.9 Å². The Labute approximate surface area is 103 Å². The van der Waals surface area contributed by atoms with E-state index < -0.39 is 0 Å². The summed E-state index contributed by atoms with van der Waals surface area (Å²) in [6, 6.07) is 0. The van der Waals surface area contributed by atoms with Gasteiger partial charge in [-0.2, -0.15) is 0 Å². The van der Waals surface area contributed by atoms with Crippen LogP contribution in [0.3, 0.4) is 0 Å². The second kappa shape index (κ2) is 7.51. The first-order valence-corrected chi connectivity index (χ1v) is 6.91. The van der Waals surface area contributed by atoms with Crippen LogP contribution in [0, 0.1) is 0 Å². The van der Waals surface area contributed by atoms with Crippen molar-refractivity contribution in [1.29, 1.82) is 0 Å². The number of alkyl halides is 2. The lowest BCUT2D eigenvalue weighted by Gasteiger charge is -2.14. The molecule has 1 aliphatic carbocycles. The number of ketones is 1. The summed E-state index contributed by atoms with van der Waals surface area (Å²) in [5, 5.41) is -0.709. The van der Waals surface area contributed by atoms with Crippen LogP contribution in [-0.2, 0) is 4.79 Å². The molecule has 15 heavy (non-hydrogen) atoms. The van der Waals surface area contributed by atoms with Crippen LogP contribution in [0.5, 0.6) is 0 Å². The molecule has 0 heterocycles. The Morgan fingerprint density at radius 3 is 1.47 bits per heavy atom. The van der Waals surface area contributed by atoms with Gasteiger partial charge in [0.1, 0.15) is 0 Å². The van der Waals surface area contributed by atoms with Crippen molar-refractivity contribution < 1.29 is 4.79 Å². The lowest BCUT2D eigenvalue weighted by atomic mass is 10.00. The third-order valence-corrected chi connectivity index (χ3v) is 3.90. The van der Waals surface area contributed by atoms with E-state index in [-0.39, 0.29) is 16.5 Å². The predicted molar refractivity (Wildman–Crippen MR) is 65.8 cm³/mol. The summed E-state index contributed by atoms with van der Waals surface area (Å²) in [6.07, 6.45) is 9.98.